The maximum atomic E-state index is 12.9. The van der Waals surface area contributed by atoms with E-state index in [1.165, 1.54) is 12.5 Å². The van der Waals surface area contributed by atoms with E-state index < -0.39 is 6.98 Å². The number of amides is 1. The highest BCUT2D eigenvalue weighted by Crippen LogP contribution is 2.33. The van der Waals surface area contributed by atoms with Crippen LogP contribution < -0.4 is 5.32 Å². The molecule has 2 aliphatic heterocycles. The fraction of sp³-hybridized carbons (Fsp3) is 0.556. The van der Waals surface area contributed by atoms with Gasteiger partial charge in [-0.3, -0.25) is 9.48 Å². The van der Waals surface area contributed by atoms with Gasteiger partial charge in [0.15, 0.2) is 5.69 Å². The van der Waals surface area contributed by atoms with Crippen LogP contribution in [0.5, 0.6) is 5.75 Å². The fourth-order valence-electron chi connectivity index (χ4n) is 4.30. The zero-order chi connectivity index (χ0) is 19.3. The number of nitrogens with one attached hydrogen (secondary N) is 1. The Balaban J connectivity index is 0.00000225. The van der Waals surface area contributed by atoms with Gasteiger partial charge in [0.25, 0.3) is 5.91 Å². The Morgan fingerprint density at radius 3 is 2.76 bits per heavy atom. The number of phenols is 1. The zero-order valence-corrected chi connectivity index (χ0v) is 14.9. The minimum atomic E-state index is -2.58. The van der Waals surface area contributed by atoms with Crippen LogP contribution in [0.2, 0.25) is 0 Å². The standard InChI is InChI=1S/C18H24N4O2.ClH/c1-21-12-5-3-6-13(21)10-11(9-12)19-18(24)16-14-7-4-8-15(23)17(14)22(2)20-16;/h4,7-8,11-13,23H,3,5-6,9-10H2,1-2H3,(H,19,24);1H/t11?,12-,13+;/i2D3;. The number of rotatable bonds is 2. The van der Waals surface area contributed by atoms with Gasteiger partial charge < -0.3 is 15.3 Å². The number of piperidine rings is 2. The maximum absolute atomic E-state index is 12.9. The van der Waals surface area contributed by atoms with Gasteiger partial charge in [0.1, 0.15) is 11.3 Å². The van der Waals surface area contributed by atoms with Crippen LogP contribution in [0.3, 0.4) is 0 Å². The summed E-state index contributed by atoms with van der Waals surface area (Å²) >= 11 is 0. The highest BCUT2D eigenvalue weighted by Gasteiger charge is 2.36. The first-order valence-electron chi connectivity index (χ1n) is 9.99. The predicted molar refractivity (Wildman–Crippen MR) is 99.3 cm³/mol. The lowest BCUT2D eigenvalue weighted by Gasteiger charge is -2.47. The molecule has 4 rings (SSSR count). The first kappa shape index (κ1) is 14.4. The van der Waals surface area contributed by atoms with Crippen molar-refractivity contribution in [1.29, 1.82) is 0 Å². The second kappa shape index (κ2) is 6.84. The van der Waals surface area contributed by atoms with Gasteiger partial charge in [-0.25, -0.2) is 0 Å². The van der Waals surface area contributed by atoms with Crippen LogP contribution in [-0.2, 0) is 6.98 Å². The molecule has 0 radical (unpaired) electrons. The Bertz CT molecular complexity index is 872. The molecule has 0 aliphatic carbocycles. The van der Waals surface area contributed by atoms with Gasteiger partial charge in [0.05, 0.1) is 0 Å². The molecule has 2 aliphatic rings. The van der Waals surface area contributed by atoms with Crippen LogP contribution in [0.4, 0.5) is 0 Å². The number of nitrogens with zero attached hydrogens (tertiary/aromatic N) is 3. The number of hydrogen-bond donors (Lipinski definition) is 2. The van der Waals surface area contributed by atoms with Gasteiger partial charge in [-0.15, -0.1) is 12.4 Å². The number of aromatic hydroxyl groups is 1. The molecule has 1 amide bonds. The van der Waals surface area contributed by atoms with Gasteiger partial charge in [0.2, 0.25) is 0 Å². The molecule has 6 nitrogen and oxygen atoms in total. The van der Waals surface area contributed by atoms with Gasteiger partial charge >= 0.3 is 0 Å². The number of fused-ring (bicyclic) bond motifs is 3. The van der Waals surface area contributed by atoms with E-state index in [1.807, 2.05) is 0 Å². The van der Waals surface area contributed by atoms with Crippen molar-refractivity contribution in [2.75, 3.05) is 7.05 Å². The van der Waals surface area contributed by atoms with Crippen LogP contribution in [0.1, 0.15) is 46.7 Å². The van der Waals surface area contributed by atoms with Crippen molar-refractivity contribution in [2.24, 2.45) is 6.98 Å². The Kier molecular flexibility index (Phi) is 3.94. The van der Waals surface area contributed by atoms with Crippen molar-refractivity contribution in [1.82, 2.24) is 20.0 Å². The van der Waals surface area contributed by atoms with E-state index in [2.05, 4.69) is 22.4 Å². The molecule has 2 bridgehead atoms. The number of aryl methyl sites for hydroxylation is 1. The summed E-state index contributed by atoms with van der Waals surface area (Å²) in [7, 11) is 2.15. The van der Waals surface area contributed by atoms with Crippen molar-refractivity contribution in [2.45, 2.75) is 50.2 Å². The lowest BCUT2D eigenvalue weighted by atomic mass is 9.82. The maximum Gasteiger partial charge on any atom is 0.272 e. The number of benzene rings is 1. The van der Waals surface area contributed by atoms with Gasteiger partial charge in [0, 0.05) is 34.6 Å². The number of aromatic nitrogens is 2. The smallest absolute Gasteiger partial charge is 0.272 e. The summed E-state index contributed by atoms with van der Waals surface area (Å²) in [6.07, 6.45) is 5.30. The summed E-state index contributed by atoms with van der Waals surface area (Å²) in [5.74, 6) is -0.592. The Morgan fingerprint density at radius 1 is 1.36 bits per heavy atom. The first-order valence-corrected chi connectivity index (χ1v) is 8.49. The monoisotopic (exact) mass is 367 g/mol. The number of carbonyl (C=O) groups excluding carboxylic acids is 1. The number of para-hydroxylation sites is 1. The Hall–Kier alpha value is -1.79. The normalized spacial score (nSPS) is 28.5. The minimum Gasteiger partial charge on any atom is -0.506 e. The SMILES string of the molecule is Cl.[2H]C([2H])([2H])n1nc(C(=O)NC2C[C@H]3CCC[C@@H](C2)N3C)c2cccc(O)c21. The Labute approximate surface area is 157 Å². The molecule has 7 heteroatoms. The summed E-state index contributed by atoms with van der Waals surface area (Å²) in [5.41, 5.74) is 0.101. The van der Waals surface area contributed by atoms with Crippen LogP contribution in [-0.4, -0.2) is 50.9 Å². The molecule has 25 heavy (non-hydrogen) atoms. The molecular formula is C18H25ClN4O2. The van der Waals surface area contributed by atoms with E-state index in [4.69, 9.17) is 4.11 Å². The summed E-state index contributed by atoms with van der Waals surface area (Å²) in [6, 6.07) is 5.59. The largest absolute Gasteiger partial charge is 0.506 e. The first-order chi connectivity index (χ1) is 12.8. The average molecular weight is 368 g/mol. The van der Waals surface area contributed by atoms with Gasteiger partial charge in [-0.05, 0) is 38.8 Å². The average Bonchev–Trinajstić information content (AvgIpc) is 2.97. The molecule has 1 unspecified atom stereocenters. The predicted octanol–water partition coefficient (Wildman–Crippen LogP) is 2.45. The highest BCUT2D eigenvalue weighted by molar-refractivity contribution is 6.06. The summed E-state index contributed by atoms with van der Waals surface area (Å²) in [6.45, 7) is -2.58. The lowest BCUT2D eigenvalue weighted by molar-refractivity contribution is 0.0462. The number of hydrogen-bond acceptors (Lipinski definition) is 4. The summed E-state index contributed by atoms with van der Waals surface area (Å²) in [4.78, 5) is 15.3. The number of phenolic OH excluding ortho intramolecular Hbond substituents is 1. The molecule has 0 spiro atoms. The van der Waals surface area contributed by atoms with Crippen molar-refractivity contribution in [3.05, 3.63) is 23.9 Å². The molecule has 2 aromatic rings. The quantitative estimate of drug-likeness (QED) is 0.855. The van der Waals surface area contributed by atoms with Crippen LogP contribution >= 0.6 is 12.4 Å². The van der Waals surface area contributed by atoms with Gasteiger partial charge in [-0.2, -0.15) is 5.10 Å². The Morgan fingerprint density at radius 2 is 2.08 bits per heavy atom. The summed E-state index contributed by atoms with van der Waals surface area (Å²) < 4.78 is 23.7. The number of halogens is 1. The second-order valence-electron chi connectivity index (χ2n) is 6.98. The lowest BCUT2D eigenvalue weighted by Crippen LogP contribution is -2.55. The van der Waals surface area contributed by atoms with E-state index in [1.54, 1.807) is 12.1 Å². The van der Waals surface area contributed by atoms with Crippen molar-refractivity contribution in [3.8, 4) is 5.75 Å². The number of carbonyl (C=O) groups is 1. The van der Waals surface area contributed by atoms with Crippen LogP contribution in [0, 0.1) is 0 Å². The van der Waals surface area contributed by atoms with Crippen LogP contribution in [0.15, 0.2) is 18.2 Å². The highest BCUT2D eigenvalue weighted by atomic mass is 35.5. The van der Waals surface area contributed by atoms with E-state index in [9.17, 15) is 9.90 Å². The summed E-state index contributed by atoms with van der Waals surface area (Å²) in [5, 5.41) is 17.6. The third-order valence-corrected chi connectivity index (χ3v) is 5.57. The van der Waals surface area contributed by atoms with Crippen LogP contribution in [0.25, 0.3) is 10.9 Å². The van der Waals surface area contributed by atoms with Gasteiger partial charge in [-0.1, -0.05) is 18.6 Å². The fourth-order valence-corrected chi connectivity index (χ4v) is 4.30. The second-order valence-corrected chi connectivity index (χ2v) is 6.98. The molecule has 136 valence electrons. The molecule has 1 aromatic heterocycles. The van der Waals surface area contributed by atoms with E-state index in [0.717, 1.165) is 30.4 Å². The van der Waals surface area contributed by atoms with E-state index in [0.29, 0.717) is 17.5 Å². The van der Waals surface area contributed by atoms with Crippen molar-refractivity contribution in [3.63, 3.8) is 0 Å². The third kappa shape index (κ3) is 3.09. The van der Waals surface area contributed by atoms with E-state index in [-0.39, 0.29) is 41.3 Å². The van der Waals surface area contributed by atoms with E-state index >= 15 is 0 Å². The molecule has 1 aromatic carbocycles. The minimum absolute atomic E-state index is 0. The topological polar surface area (TPSA) is 70.4 Å². The van der Waals surface area contributed by atoms with Crippen molar-refractivity contribution >= 4 is 29.2 Å². The molecule has 0 saturated carbocycles. The molecule has 3 heterocycles. The molecule has 2 fully saturated rings. The molecule has 2 saturated heterocycles. The third-order valence-electron chi connectivity index (χ3n) is 5.57. The molecule has 2 N–H and O–H groups in total. The van der Waals surface area contributed by atoms with Crippen molar-refractivity contribution < 1.29 is 14.0 Å². The molecular weight excluding hydrogens is 340 g/mol. The zero-order valence-electron chi connectivity index (χ0n) is 17.1. The molecule has 3 atom stereocenters.